The lowest BCUT2D eigenvalue weighted by molar-refractivity contribution is 0.0767. The van der Waals surface area contributed by atoms with Crippen molar-refractivity contribution < 1.29 is 17.9 Å². The molecule has 9 heteroatoms. The first-order valence-corrected chi connectivity index (χ1v) is 12.7. The summed E-state index contributed by atoms with van der Waals surface area (Å²) in [5.41, 5.74) is 2.13. The predicted octanol–water partition coefficient (Wildman–Crippen LogP) is 2.37. The van der Waals surface area contributed by atoms with Crippen LogP contribution in [0.15, 0.2) is 53.4 Å². The number of nitrogens with zero attached hydrogens (tertiary/aromatic N) is 3. The van der Waals surface area contributed by atoms with Gasteiger partial charge in [-0.15, -0.1) is 0 Å². The number of carbonyl (C=O) groups excluding carboxylic acids is 1. The van der Waals surface area contributed by atoms with E-state index in [1.807, 2.05) is 17.0 Å². The molecular formula is C24H28N4O4S. The highest BCUT2D eigenvalue weighted by molar-refractivity contribution is 7.89. The number of carbonyl (C=O) groups is 1. The molecule has 8 nitrogen and oxygen atoms in total. The Hall–Kier alpha value is -2.93. The Morgan fingerprint density at radius 2 is 1.79 bits per heavy atom. The Labute approximate surface area is 194 Å². The van der Waals surface area contributed by atoms with Crippen molar-refractivity contribution in [3.8, 4) is 6.07 Å². The maximum atomic E-state index is 13.0. The lowest BCUT2D eigenvalue weighted by Crippen LogP contribution is -2.35. The fraction of sp³-hybridized carbons (Fsp3) is 0.417. The monoisotopic (exact) mass is 468 g/mol. The average Bonchev–Trinajstić information content (AvgIpc) is 3.25. The minimum absolute atomic E-state index is 0.0764. The van der Waals surface area contributed by atoms with E-state index >= 15 is 0 Å². The molecule has 2 heterocycles. The van der Waals surface area contributed by atoms with Gasteiger partial charge in [0, 0.05) is 50.6 Å². The third-order valence-electron chi connectivity index (χ3n) is 6.08. The van der Waals surface area contributed by atoms with Crippen molar-refractivity contribution in [2.45, 2.75) is 30.3 Å². The molecule has 2 aromatic carbocycles. The van der Waals surface area contributed by atoms with Crippen molar-refractivity contribution in [3.05, 3.63) is 59.7 Å². The standard InChI is InChI=1S/C24H28N4O4S/c25-17-19-4-8-21(9-5-19)27-12-2-13-28(15-14-27)24(29)20-6-10-23(11-7-20)33(30,31)26-18-22-3-1-16-32-22/h4-11,22,26H,1-3,12-16,18H2. The number of anilines is 1. The van der Waals surface area contributed by atoms with Crippen LogP contribution in [0.5, 0.6) is 0 Å². The Kier molecular flexibility index (Phi) is 7.28. The molecule has 2 aromatic rings. The Bertz CT molecular complexity index is 1100. The van der Waals surface area contributed by atoms with Crippen molar-refractivity contribution in [1.82, 2.24) is 9.62 Å². The summed E-state index contributed by atoms with van der Waals surface area (Å²) in [6.45, 7) is 3.65. The molecule has 2 aliphatic rings. The van der Waals surface area contributed by atoms with Gasteiger partial charge in [-0.1, -0.05) is 0 Å². The van der Waals surface area contributed by atoms with Crippen LogP contribution in [-0.2, 0) is 14.8 Å². The number of nitriles is 1. The summed E-state index contributed by atoms with van der Waals surface area (Å²) < 4.78 is 33.1. The zero-order valence-electron chi connectivity index (χ0n) is 18.4. The second-order valence-corrected chi connectivity index (χ2v) is 10.1. The molecule has 0 radical (unpaired) electrons. The van der Waals surface area contributed by atoms with Gasteiger partial charge in [-0.25, -0.2) is 13.1 Å². The minimum atomic E-state index is -3.65. The van der Waals surface area contributed by atoms with Crippen LogP contribution in [0, 0.1) is 11.3 Å². The maximum absolute atomic E-state index is 13.0. The predicted molar refractivity (Wildman–Crippen MR) is 124 cm³/mol. The summed E-state index contributed by atoms with van der Waals surface area (Å²) in [4.78, 5) is 17.2. The van der Waals surface area contributed by atoms with Crippen LogP contribution in [0.2, 0.25) is 0 Å². The van der Waals surface area contributed by atoms with Crippen LogP contribution in [-0.4, -0.2) is 64.7 Å². The molecule has 4 rings (SSSR count). The fourth-order valence-electron chi connectivity index (χ4n) is 4.18. The number of nitrogens with one attached hydrogen (secondary N) is 1. The normalized spacial score (nSPS) is 19.2. The number of amides is 1. The van der Waals surface area contributed by atoms with E-state index in [1.165, 1.54) is 12.1 Å². The van der Waals surface area contributed by atoms with Gasteiger partial charge in [-0.2, -0.15) is 5.26 Å². The molecule has 0 aliphatic carbocycles. The molecule has 1 N–H and O–H groups in total. The quantitative estimate of drug-likeness (QED) is 0.698. The maximum Gasteiger partial charge on any atom is 0.253 e. The minimum Gasteiger partial charge on any atom is -0.377 e. The van der Waals surface area contributed by atoms with Gasteiger partial charge in [0.2, 0.25) is 10.0 Å². The van der Waals surface area contributed by atoms with E-state index in [4.69, 9.17) is 10.00 Å². The van der Waals surface area contributed by atoms with Crippen molar-refractivity contribution in [3.63, 3.8) is 0 Å². The van der Waals surface area contributed by atoms with Crippen molar-refractivity contribution in [2.24, 2.45) is 0 Å². The number of sulfonamides is 1. The van der Waals surface area contributed by atoms with E-state index < -0.39 is 10.0 Å². The van der Waals surface area contributed by atoms with Gasteiger partial charge >= 0.3 is 0 Å². The molecule has 0 bridgehead atoms. The van der Waals surface area contributed by atoms with Gasteiger partial charge in [0.1, 0.15) is 0 Å². The number of ether oxygens (including phenoxy) is 1. The first-order valence-electron chi connectivity index (χ1n) is 11.2. The summed E-state index contributed by atoms with van der Waals surface area (Å²) in [7, 11) is -3.65. The molecule has 1 atom stereocenters. The highest BCUT2D eigenvalue weighted by Gasteiger charge is 2.23. The zero-order chi connectivity index (χ0) is 23.3. The summed E-state index contributed by atoms with van der Waals surface area (Å²) in [5.74, 6) is -0.104. The highest BCUT2D eigenvalue weighted by atomic mass is 32.2. The Morgan fingerprint density at radius 3 is 2.45 bits per heavy atom. The van der Waals surface area contributed by atoms with E-state index in [0.29, 0.717) is 37.4 Å². The van der Waals surface area contributed by atoms with Crippen LogP contribution in [0.3, 0.4) is 0 Å². The molecule has 2 saturated heterocycles. The second kappa shape index (κ2) is 10.3. The highest BCUT2D eigenvalue weighted by Crippen LogP contribution is 2.19. The summed E-state index contributed by atoms with van der Waals surface area (Å²) in [6.07, 6.45) is 2.55. The third kappa shape index (κ3) is 5.71. The van der Waals surface area contributed by atoms with Gasteiger partial charge in [-0.05, 0) is 67.8 Å². The lowest BCUT2D eigenvalue weighted by atomic mass is 10.2. The van der Waals surface area contributed by atoms with E-state index in [2.05, 4.69) is 15.7 Å². The van der Waals surface area contributed by atoms with Crippen LogP contribution in [0.1, 0.15) is 35.2 Å². The van der Waals surface area contributed by atoms with Gasteiger partial charge in [0.05, 0.1) is 22.6 Å². The van der Waals surface area contributed by atoms with E-state index in [-0.39, 0.29) is 23.5 Å². The van der Waals surface area contributed by atoms with Gasteiger partial charge in [0.15, 0.2) is 0 Å². The Morgan fingerprint density at radius 1 is 1.03 bits per heavy atom. The largest absolute Gasteiger partial charge is 0.377 e. The van der Waals surface area contributed by atoms with Crippen LogP contribution < -0.4 is 9.62 Å². The van der Waals surface area contributed by atoms with E-state index in [9.17, 15) is 13.2 Å². The van der Waals surface area contributed by atoms with Crippen LogP contribution in [0.25, 0.3) is 0 Å². The number of hydrogen-bond acceptors (Lipinski definition) is 6. The molecule has 2 aliphatic heterocycles. The molecular weight excluding hydrogens is 440 g/mol. The summed E-state index contributed by atoms with van der Waals surface area (Å²) >= 11 is 0. The molecule has 1 amide bonds. The third-order valence-corrected chi connectivity index (χ3v) is 7.52. The van der Waals surface area contributed by atoms with Crippen LogP contribution in [0.4, 0.5) is 5.69 Å². The topological polar surface area (TPSA) is 103 Å². The van der Waals surface area contributed by atoms with Crippen molar-refractivity contribution >= 4 is 21.6 Å². The molecule has 174 valence electrons. The average molecular weight is 469 g/mol. The first-order chi connectivity index (χ1) is 16.0. The number of hydrogen-bond donors (Lipinski definition) is 1. The van der Waals surface area contributed by atoms with Gasteiger partial charge in [-0.3, -0.25) is 4.79 Å². The van der Waals surface area contributed by atoms with Crippen molar-refractivity contribution in [2.75, 3.05) is 44.2 Å². The van der Waals surface area contributed by atoms with E-state index in [0.717, 1.165) is 31.5 Å². The molecule has 0 saturated carbocycles. The fourth-order valence-corrected chi connectivity index (χ4v) is 5.24. The summed E-state index contributed by atoms with van der Waals surface area (Å²) in [5, 5.41) is 8.97. The zero-order valence-corrected chi connectivity index (χ0v) is 19.3. The number of rotatable bonds is 6. The van der Waals surface area contributed by atoms with Crippen molar-refractivity contribution in [1.29, 1.82) is 5.26 Å². The first kappa shape index (κ1) is 23.2. The van der Waals surface area contributed by atoms with Gasteiger partial charge in [0.25, 0.3) is 5.91 Å². The molecule has 1 unspecified atom stereocenters. The smallest absolute Gasteiger partial charge is 0.253 e. The summed E-state index contributed by atoms with van der Waals surface area (Å²) in [6, 6.07) is 15.7. The van der Waals surface area contributed by atoms with E-state index in [1.54, 1.807) is 24.3 Å². The molecule has 0 aromatic heterocycles. The van der Waals surface area contributed by atoms with Gasteiger partial charge < -0.3 is 14.5 Å². The Balaban J connectivity index is 1.36. The molecule has 33 heavy (non-hydrogen) atoms. The second-order valence-electron chi connectivity index (χ2n) is 8.30. The van der Waals surface area contributed by atoms with Crippen LogP contribution >= 0.6 is 0 Å². The molecule has 2 fully saturated rings. The SMILES string of the molecule is N#Cc1ccc(N2CCCN(C(=O)c3ccc(S(=O)(=O)NCC4CCCO4)cc3)CC2)cc1. The molecule has 0 spiro atoms. The number of benzene rings is 2. The lowest BCUT2D eigenvalue weighted by Gasteiger charge is -2.24.